The summed E-state index contributed by atoms with van der Waals surface area (Å²) in [5.74, 6) is -0.301. The molecule has 2 rings (SSSR count). The number of pyridine rings is 1. The number of aromatic nitrogens is 1. The van der Waals surface area contributed by atoms with Crippen molar-refractivity contribution in [2.24, 2.45) is 0 Å². The molecule has 1 N–H and O–H groups in total. The van der Waals surface area contributed by atoms with E-state index >= 15 is 0 Å². The number of nitrogens with zero attached hydrogens (tertiary/aromatic N) is 2. The van der Waals surface area contributed by atoms with E-state index in [0.29, 0.717) is 0 Å². The molecular formula is C14H22FN3O. The smallest absolute Gasteiger partial charge is 0.141 e. The first-order valence-electron chi connectivity index (χ1n) is 6.88. The summed E-state index contributed by atoms with van der Waals surface area (Å²) in [5, 5.41) is 3.40. The second-order valence-corrected chi connectivity index (χ2v) is 4.92. The minimum Gasteiger partial charge on any atom is -0.374 e. The summed E-state index contributed by atoms with van der Waals surface area (Å²) in [6.07, 6.45) is 1.47. The van der Waals surface area contributed by atoms with E-state index in [-0.39, 0.29) is 18.0 Å². The fourth-order valence-corrected chi connectivity index (χ4v) is 2.25. The Morgan fingerprint density at radius 2 is 2.42 bits per heavy atom. The molecule has 0 spiro atoms. The van der Waals surface area contributed by atoms with E-state index in [0.717, 1.165) is 38.5 Å². The summed E-state index contributed by atoms with van der Waals surface area (Å²) in [6, 6.07) is 3.25. The molecule has 1 fully saturated rings. The van der Waals surface area contributed by atoms with Crippen LogP contribution in [0.15, 0.2) is 18.3 Å². The normalized spacial score (nSPS) is 22.4. The van der Waals surface area contributed by atoms with Gasteiger partial charge in [0, 0.05) is 25.7 Å². The van der Waals surface area contributed by atoms with Crippen LogP contribution in [0.4, 0.5) is 4.39 Å². The maximum Gasteiger partial charge on any atom is 0.141 e. The quantitative estimate of drug-likeness (QED) is 0.879. The lowest BCUT2D eigenvalue weighted by Gasteiger charge is -2.32. The van der Waals surface area contributed by atoms with Gasteiger partial charge in [-0.2, -0.15) is 0 Å². The highest BCUT2D eigenvalue weighted by Crippen LogP contribution is 2.10. The van der Waals surface area contributed by atoms with Crippen molar-refractivity contribution < 1.29 is 9.13 Å². The summed E-state index contributed by atoms with van der Waals surface area (Å²) in [5.41, 5.74) is 0.851. The lowest BCUT2D eigenvalue weighted by atomic mass is 10.2. The number of hydrogen-bond acceptors (Lipinski definition) is 4. The SMILES string of the molecule is CCN1CCOC(CNC(C)c2ccc(F)cn2)C1. The summed E-state index contributed by atoms with van der Waals surface area (Å²) in [6.45, 7) is 8.83. The number of rotatable bonds is 5. The second kappa shape index (κ2) is 6.93. The number of likely N-dealkylation sites (N-methyl/N-ethyl adjacent to an activating group) is 1. The number of morpholine rings is 1. The van der Waals surface area contributed by atoms with E-state index in [1.807, 2.05) is 6.92 Å². The maximum absolute atomic E-state index is 12.8. The topological polar surface area (TPSA) is 37.4 Å². The Kier molecular flexibility index (Phi) is 5.24. The van der Waals surface area contributed by atoms with Crippen LogP contribution in [0.25, 0.3) is 0 Å². The molecule has 2 atom stereocenters. The highest BCUT2D eigenvalue weighted by molar-refractivity contribution is 5.08. The highest BCUT2D eigenvalue weighted by atomic mass is 19.1. The largest absolute Gasteiger partial charge is 0.374 e. The second-order valence-electron chi connectivity index (χ2n) is 4.92. The van der Waals surface area contributed by atoms with Crippen molar-refractivity contribution in [1.29, 1.82) is 0 Å². The van der Waals surface area contributed by atoms with Crippen molar-refractivity contribution in [2.75, 3.05) is 32.8 Å². The Morgan fingerprint density at radius 1 is 1.58 bits per heavy atom. The number of halogens is 1. The van der Waals surface area contributed by atoms with Gasteiger partial charge in [-0.15, -0.1) is 0 Å². The van der Waals surface area contributed by atoms with E-state index in [4.69, 9.17) is 4.74 Å². The van der Waals surface area contributed by atoms with Crippen molar-refractivity contribution >= 4 is 0 Å². The zero-order chi connectivity index (χ0) is 13.7. The maximum atomic E-state index is 12.8. The molecule has 2 unspecified atom stereocenters. The first-order valence-corrected chi connectivity index (χ1v) is 6.88. The average molecular weight is 267 g/mol. The minimum absolute atomic E-state index is 0.0983. The van der Waals surface area contributed by atoms with Crippen molar-refractivity contribution in [3.63, 3.8) is 0 Å². The minimum atomic E-state index is -0.301. The Hall–Kier alpha value is -1.04. The lowest BCUT2D eigenvalue weighted by molar-refractivity contribution is -0.0262. The van der Waals surface area contributed by atoms with Gasteiger partial charge in [-0.25, -0.2) is 4.39 Å². The van der Waals surface area contributed by atoms with Crippen LogP contribution < -0.4 is 5.32 Å². The van der Waals surface area contributed by atoms with Gasteiger partial charge in [0.25, 0.3) is 0 Å². The van der Waals surface area contributed by atoms with Gasteiger partial charge in [0.15, 0.2) is 0 Å². The molecular weight excluding hydrogens is 245 g/mol. The first kappa shape index (κ1) is 14.4. The zero-order valence-corrected chi connectivity index (χ0v) is 11.6. The fraction of sp³-hybridized carbons (Fsp3) is 0.643. The van der Waals surface area contributed by atoms with Crippen molar-refractivity contribution in [3.8, 4) is 0 Å². The Bertz CT molecular complexity index is 385. The predicted octanol–water partition coefficient (Wildman–Crippen LogP) is 1.59. The van der Waals surface area contributed by atoms with Gasteiger partial charge in [0.1, 0.15) is 5.82 Å². The van der Waals surface area contributed by atoms with Crippen LogP contribution in [0.2, 0.25) is 0 Å². The van der Waals surface area contributed by atoms with Gasteiger partial charge in [0.05, 0.1) is 24.6 Å². The van der Waals surface area contributed by atoms with Crippen LogP contribution in [-0.4, -0.2) is 48.8 Å². The van der Waals surface area contributed by atoms with E-state index in [1.54, 1.807) is 6.07 Å². The molecule has 1 aliphatic heterocycles. The molecule has 106 valence electrons. The van der Waals surface area contributed by atoms with Crippen LogP contribution in [-0.2, 0) is 4.74 Å². The standard InChI is InChI=1S/C14H22FN3O/c1-3-18-6-7-19-13(10-18)9-16-11(2)14-5-4-12(15)8-17-14/h4-5,8,11,13,16H,3,6-7,9-10H2,1-2H3. The number of ether oxygens (including phenoxy) is 1. The van der Waals surface area contributed by atoms with Gasteiger partial charge >= 0.3 is 0 Å². The molecule has 19 heavy (non-hydrogen) atoms. The van der Waals surface area contributed by atoms with E-state index < -0.39 is 0 Å². The number of hydrogen-bond donors (Lipinski definition) is 1. The fourth-order valence-electron chi connectivity index (χ4n) is 2.25. The molecule has 2 heterocycles. The summed E-state index contributed by atoms with van der Waals surface area (Å²) < 4.78 is 18.5. The van der Waals surface area contributed by atoms with Gasteiger partial charge in [-0.1, -0.05) is 6.92 Å². The van der Waals surface area contributed by atoms with Crippen molar-refractivity contribution in [3.05, 3.63) is 29.8 Å². The molecule has 0 aromatic carbocycles. The third-order valence-corrected chi connectivity index (χ3v) is 3.52. The molecule has 0 aliphatic carbocycles. The summed E-state index contributed by atoms with van der Waals surface area (Å²) in [4.78, 5) is 6.47. The molecule has 0 saturated carbocycles. The van der Waals surface area contributed by atoms with E-state index in [2.05, 4.69) is 22.1 Å². The third kappa shape index (κ3) is 4.23. The number of nitrogens with one attached hydrogen (secondary N) is 1. The zero-order valence-electron chi connectivity index (χ0n) is 11.6. The molecule has 0 bridgehead atoms. The molecule has 1 aromatic heterocycles. The van der Waals surface area contributed by atoms with Gasteiger partial charge in [-0.3, -0.25) is 9.88 Å². The van der Waals surface area contributed by atoms with Crippen LogP contribution in [0.1, 0.15) is 25.6 Å². The van der Waals surface area contributed by atoms with Crippen LogP contribution >= 0.6 is 0 Å². The Labute approximate surface area is 114 Å². The molecule has 1 saturated heterocycles. The molecule has 4 nitrogen and oxygen atoms in total. The highest BCUT2D eigenvalue weighted by Gasteiger charge is 2.19. The van der Waals surface area contributed by atoms with Crippen molar-refractivity contribution in [2.45, 2.75) is 26.0 Å². The third-order valence-electron chi connectivity index (χ3n) is 3.52. The van der Waals surface area contributed by atoms with Crippen LogP contribution in [0, 0.1) is 5.82 Å². The van der Waals surface area contributed by atoms with Crippen molar-refractivity contribution in [1.82, 2.24) is 15.2 Å². The molecule has 5 heteroatoms. The molecule has 1 aliphatic rings. The Balaban J connectivity index is 1.79. The summed E-state index contributed by atoms with van der Waals surface area (Å²) in [7, 11) is 0. The molecule has 1 aromatic rings. The average Bonchev–Trinajstić information content (AvgIpc) is 2.46. The van der Waals surface area contributed by atoms with Gasteiger partial charge in [0.2, 0.25) is 0 Å². The predicted molar refractivity (Wildman–Crippen MR) is 72.5 cm³/mol. The van der Waals surface area contributed by atoms with E-state index in [1.165, 1.54) is 12.3 Å². The Morgan fingerprint density at radius 3 is 3.11 bits per heavy atom. The molecule has 0 amide bonds. The summed E-state index contributed by atoms with van der Waals surface area (Å²) >= 11 is 0. The lowest BCUT2D eigenvalue weighted by Crippen LogP contribution is -2.46. The monoisotopic (exact) mass is 267 g/mol. The van der Waals surface area contributed by atoms with E-state index in [9.17, 15) is 4.39 Å². The van der Waals surface area contributed by atoms with Gasteiger partial charge in [-0.05, 0) is 25.6 Å². The van der Waals surface area contributed by atoms with Gasteiger partial charge < -0.3 is 10.1 Å². The first-order chi connectivity index (χ1) is 9.19. The van der Waals surface area contributed by atoms with Crippen LogP contribution in [0.5, 0.6) is 0 Å². The molecule has 0 radical (unpaired) electrons. The van der Waals surface area contributed by atoms with Crippen LogP contribution in [0.3, 0.4) is 0 Å².